The minimum absolute atomic E-state index is 0.123. The van der Waals surface area contributed by atoms with Gasteiger partial charge < -0.3 is 15.2 Å². The van der Waals surface area contributed by atoms with Crippen LogP contribution in [0.15, 0.2) is 29.8 Å². The lowest BCUT2D eigenvalue weighted by atomic mass is 10.1. The van der Waals surface area contributed by atoms with E-state index in [4.69, 9.17) is 9.84 Å². The van der Waals surface area contributed by atoms with Gasteiger partial charge in [0.25, 0.3) is 0 Å². The van der Waals surface area contributed by atoms with Crippen molar-refractivity contribution in [2.24, 2.45) is 0 Å². The van der Waals surface area contributed by atoms with Crippen molar-refractivity contribution >= 4 is 6.08 Å². The molecule has 3 heteroatoms. The van der Waals surface area contributed by atoms with Crippen molar-refractivity contribution in [1.82, 2.24) is 5.32 Å². The van der Waals surface area contributed by atoms with Crippen LogP contribution in [0.25, 0.3) is 6.08 Å². The first-order valence-electron chi connectivity index (χ1n) is 5.55. The standard InChI is InChI=1S/C13H17NO2/c1-10(8-15)14-7-11-6-12-4-2-3-5-13(12)16-9-11/h2-6,10,14-15H,7-9H2,1H3. The molecule has 0 amide bonds. The molecule has 0 saturated carbocycles. The predicted molar refractivity (Wildman–Crippen MR) is 64.5 cm³/mol. The maximum Gasteiger partial charge on any atom is 0.127 e. The van der Waals surface area contributed by atoms with Crippen LogP contribution in [-0.4, -0.2) is 30.9 Å². The summed E-state index contributed by atoms with van der Waals surface area (Å²) in [5.74, 6) is 0.946. The van der Waals surface area contributed by atoms with Gasteiger partial charge in [-0.3, -0.25) is 0 Å². The molecule has 0 aliphatic carbocycles. The zero-order chi connectivity index (χ0) is 11.4. The molecule has 1 heterocycles. The van der Waals surface area contributed by atoms with Gasteiger partial charge in [0.05, 0.1) is 6.61 Å². The van der Waals surface area contributed by atoms with Gasteiger partial charge in [-0.1, -0.05) is 18.2 Å². The fraction of sp³-hybridized carbons (Fsp3) is 0.385. The number of hydrogen-bond acceptors (Lipinski definition) is 3. The summed E-state index contributed by atoms with van der Waals surface area (Å²) in [6.45, 7) is 3.50. The lowest BCUT2D eigenvalue weighted by Crippen LogP contribution is -2.32. The summed E-state index contributed by atoms with van der Waals surface area (Å²) in [5.41, 5.74) is 2.33. The van der Waals surface area contributed by atoms with Crippen molar-refractivity contribution in [2.75, 3.05) is 19.8 Å². The van der Waals surface area contributed by atoms with Crippen LogP contribution >= 0.6 is 0 Å². The highest BCUT2D eigenvalue weighted by Gasteiger charge is 2.10. The second-order valence-corrected chi connectivity index (χ2v) is 4.09. The molecule has 0 fully saturated rings. The lowest BCUT2D eigenvalue weighted by Gasteiger charge is -2.19. The lowest BCUT2D eigenvalue weighted by molar-refractivity contribution is 0.252. The maximum atomic E-state index is 8.91. The Morgan fingerprint density at radius 3 is 3.06 bits per heavy atom. The zero-order valence-electron chi connectivity index (χ0n) is 9.44. The Bertz CT molecular complexity index is 387. The van der Waals surface area contributed by atoms with Crippen molar-refractivity contribution in [3.63, 3.8) is 0 Å². The summed E-state index contributed by atoms with van der Waals surface area (Å²) in [6, 6.07) is 8.13. The molecular formula is C13H17NO2. The third-order valence-corrected chi connectivity index (χ3v) is 2.64. The molecule has 0 saturated heterocycles. The Labute approximate surface area is 95.7 Å². The van der Waals surface area contributed by atoms with Crippen molar-refractivity contribution in [1.29, 1.82) is 0 Å². The zero-order valence-corrected chi connectivity index (χ0v) is 9.44. The molecule has 2 N–H and O–H groups in total. The van der Waals surface area contributed by atoms with Crippen LogP contribution in [0.2, 0.25) is 0 Å². The number of hydrogen-bond donors (Lipinski definition) is 2. The molecule has 0 spiro atoms. The van der Waals surface area contributed by atoms with Gasteiger partial charge in [0, 0.05) is 18.2 Å². The molecule has 16 heavy (non-hydrogen) atoms. The number of nitrogens with one attached hydrogen (secondary N) is 1. The normalized spacial score (nSPS) is 16.0. The van der Waals surface area contributed by atoms with E-state index >= 15 is 0 Å². The predicted octanol–water partition coefficient (Wildman–Crippen LogP) is 1.43. The van der Waals surface area contributed by atoms with Gasteiger partial charge >= 0.3 is 0 Å². The van der Waals surface area contributed by atoms with E-state index in [1.165, 1.54) is 5.57 Å². The molecule has 0 aromatic heterocycles. The van der Waals surface area contributed by atoms with E-state index in [2.05, 4.69) is 11.4 Å². The average molecular weight is 219 g/mol. The molecule has 1 aromatic carbocycles. The minimum atomic E-state index is 0.123. The van der Waals surface area contributed by atoms with Gasteiger partial charge in [-0.05, 0) is 24.6 Å². The topological polar surface area (TPSA) is 41.5 Å². The van der Waals surface area contributed by atoms with Gasteiger partial charge in [0.1, 0.15) is 12.4 Å². The number of aliphatic hydroxyl groups is 1. The Morgan fingerprint density at radius 2 is 2.25 bits per heavy atom. The van der Waals surface area contributed by atoms with Crippen molar-refractivity contribution in [3.05, 3.63) is 35.4 Å². The number of fused-ring (bicyclic) bond motifs is 1. The second kappa shape index (κ2) is 5.14. The van der Waals surface area contributed by atoms with Crippen LogP contribution in [0.5, 0.6) is 5.75 Å². The van der Waals surface area contributed by atoms with Crippen LogP contribution in [0.4, 0.5) is 0 Å². The molecule has 1 atom stereocenters. The Morgan fingerprint density at radius 1 is 1.44 bits per heavy atom. The van der Waals surface area contributed by atoms with E-state index in [-0.39, 0.29) is 12.6 Å². The Hall–Kier alpha value is -1.32. The molecule has 2 rings (SSSR count). The van der Waals surface area contributed by atoms with E-state index in [1.807, 2.05) is 31.2 Å². The molecule has 1 aliphatic rings. The first-order chi connectivity index (χ1) is 7.79. The van der Waals surface area contributed by atoms with E-state index in [1.54, 1.807) is 0 Å². The highest BCUT2D eigenvalue weighted by molar-refractivity contribution is 5.62. The van der Waals surface area contributed by atoms with Gasteiger partial charge in [-0.15, -0.1) is 0 Å². The van der Waals surface area contributed by atoms with Crippen LogP contribution in [0.3, 0.4) is 0 Å². The van der Waals surface area contributed by atoms with Gasteiger partial charge in [0.15, 0.2) is 0 Å². The molecule has 0 bridgehead atoms. The molecule has 1 unspecified atom stereocenters. The summed E-state index contributed by atoms with van der Waals surface area (Å²) in [7, 11) is 0. The Balaban J connectivity index is 2.01. The molecule has 86 valence electrons. The third-order valence-electron chi connectivity index (χ3n) is 2.64. The summed E-state index contributed by atoms with van der Waals surface area (Å²) in [5, 5.41) is 12.1. The van der Waals surface area contributed by atoms with Gasteiger partial charge in [0.2, 0.25) is 0 Å². The van der Waals surface area contributed by atoms with E-state index in [9.17, 15) is 0 Å². The summed E-state index contributed by atoms with van der Waals surface area (Å²) < 4.78 is 5.63. The fourth-order valence-corrected chi connectivity index (χ4v) is 1.64. The van der Waals surface area contributed by atoms with Gasteiger partial charge in [-0.25, -0.2) is 0 Å². The van der Waals surface area contributed by atoms with Crippen LogP contribution < -0.4 is 10.1 Å². The number of rotatable bonds is 4. The molecule has 1 aromatic rings. The maximum absolute atomic E-state index is 8.91. The SMILES string of the molecule is CC(CO)NCC1=Cc2ccccc2OC1. The summed E-state index contributed by atoms with van der Waals surface area (Å²) in [4.78, 5) is 0. The Kier molecular flexibility index (Phi) is 3.59. The highest BCUT2D eigenvalue weighted by Crippen LogP contribution is 2.25. The number of aliphatic hydroxyl groups excluding tert-OH is 1. The van der Waals surface area contributed by atoms with Crippen molar-refractivity contribution in [3.8, 4) is 5.75 Å². The fourth-order valence-electron chi connectivity index (χ4n) is 1.64. The quantitative estimate of drug-likeness (QED) is 0.805. The van der Waals surface area contributed by atoms with Crippen LogP contribution in [-0.2, 0) is 0 Å². The van der Waals surface area contributed by atoms with Crippen LogP contribution in [0.1, 0.15) is 12.5 Å². The average Bonchev–Trinajstić information content (AvgIpc) is 2.35. The number of para-hydroxylation sites is 1. The third kappa shape index (κ3) is 2.62. The largest absolute Gasteiger partial charge is 0.489 e. The molecule has 3 nitrogen and oxygen atoms in total. The summed E-state index contributed by atoms with van der Waals surface area (Å²) in [6.07, 6.45) is 2.15. The second-order valence-electron chi connectivity index (χ2n) is 4.09. The smallest absolute Gasteiger partial charge is 0.127 e. The highest BCUT2D eigenvalue weighted by atomic mass is 16.5. The monoisotopic (exact) mass is 219 g/mol. The molecular weight excluding hydrogens is 202 g/mol. The molecule has 1 aliphatic heterocycles. The van der Waals surface area contributed by atoms with Gasteiger partial charge in [-0.2, -0.15) is 0 Å². The van der Waals surface area contributed by atoms with Crippen molar-refractivity contribution in [2.45, 2.75) is 13.0 Å². The summed E-state index contributed by atoms with van der Waals surface area (Å²) >= 11 is 0. The van der Waals surface area contributed by atoms with Crippen molar-refractivity contribution < 1.29 is 9.84 Å². The molecule has 0 radical (unpaired) electrons. The van der Waals surface area contributed by atoms with Crippen LogP contribution in [0, 0.1) is 0 Å². The minimum Gasteiger partial charge on any atom is -0.489 e. The first-order valence-corrected chi connectivity index (χ1v) is 5.55. The van der Waals surface area contributed by atoms with E-state index in [0.29, 0.717) is 6.61 Å². The number of ether oxygens (including phenoxy) is 1. The first kappa shape index (κ1) is 11.2. The van der Waals surface area contributed by atoms with E-state index < -0.39 is 0 Å². The van der Waals surface area contributed by atoms with E-state index in [0.717, 1.165) is 17.9 Å². The number of benzene rings is 1.